The number of fused-ring (bicyclic) bond motifs is 1. The molecule has 0 radical (unpaired) electrons. The Morgan fingerprint density at radius 3 is 2.58 bits per heavy atom. The minimum atomic E-state index is -0.631. The molecule has 0 fully saturated rings. The van der Waals surface area contributed by atoms with E-state index < -0.39 is 5.82 Å². The van der Waals surface area contributed by atoms with Crippen molar-refractivity contribution >= 4 is 50.5 Å². The Morgan fingerprint density at radius 2 is 1.81 bits per heavy atom. The number of nitrogens with one attached hydrogen (secondary N) is 2. The van der Waals surface area contributed by atoms with Crippen LogP contribution in [0.4, 0.5) is 10.1 Å². The van der Waals surface area contributed by atoms with Crippen molar-refractivity contribution in [3.05, 3.63) is 90.8 Å². The van der Waals surface area contributed by atoms with E-state index in [1.54, 1.807) is 24.5 Å². The lowest BCUT2D eigenvalue weighted by atomic mass is 10.1. The number of anilines is 1. The van der Waals surface area contributed by atoms with Crippen LogP contribution in [-0.2, 0) is 11.2 Å². The average molecular weight is 517 g/mol. The lowest BCUT2D eigenvalue weighted by Crippen LogP contribution is -2.35. The molecule has 36 heavy (non-hydrogen) atoms. The van der Waals surface area contributed by atoms with Gasteiger partial charge < -0.3 is 15.4 Å². The fraction of sp³-hybridized carbons (Fsp3) is 0.0400. The molecule has 0 bridgehead atoms. The van der Waals surface area contributed by atoms with Crippen molar-refractivity contribution in [3.63, 3.8) is 0 Å². The van der Waals surface area contributed by atoms with E-state index in [2.05, 4.69) is 30.6 Å². The van der Waals surface area contributed by atoms with Crippen LogP contribution in [0.3, 0.4) is 0 Å². The summed E-state index contributed by atoms with van der Waals surface area (Å²) in [4.78, 5) is 29.9. The number of thiophene rings is 1. The molecule has 0 aliphatic rings. The molecule has 11 heteroatoms. The normalized spacial score (nSPS) is 10.7. The van der Waals surface area contributed by atoms with E-state index in [9.17, 15) is 9.18 Å². The Morgan fingerprint density at radius 1 is 1.00 bits per heavy atom. The maximum Gasteiger partial charge on any atom is 0.240 e. The molecule has 0 saturated carbocycles. The van der Waals surface area contributed by atoms with E-state index in [4.69, 9.17) is 17.0 Å². The predicted molar refractivity (Wildman–Crippen MR) is 139 cm³/mol. The standard InChI is InChI=1S/C25H17FN6O2S2/c26-17-12-16(31-25(35)32-21(33)11-15-5-2-1-3-6-15)7-8-19(17)34-24-22-18(29-14-30-24)13-20(36-22)23-27-9-4-10-28-23/h1-10,12-14H,11H2,(H2,31,32,33,35). The zero-order valence-electron chi connectivity index (χ0n) is 18.5. The summed E-state index contributed by atoms with van der Waals surface area (Å²) in [5.41, 5.74) is 1.86. The number of hydrogen-bond donors (Lipinski definition) is 2. The summed E-state index contributed by atoms with van der Waals surface area (Å²) >= 11 is 6.54. The fourth-order valence-corrected chi connectivity index (χ4v) is 4.54. The number of carbonyl (C=O) groups excluding carboxylic acids is 1. The quantitative estimate of drug-likeness (QED) is 0.299. The molecule has 0 aliphatic heterocycles. The van der Waals surface area contributed by atoms with Gasteiger partial charge in [-0.1, -0.05) is 30.3 Å². The van der Waals surface area contributed by atoms with Crippen molar-refractivity contribution in [2.24, 2.45) is 0 Å². The monoisotopic (exact) mass is 516 g/mol. The van der Waals surface area contributed by atoms with Gasteiger partial charge in [-0.05, 0) is 42.0 Å². The molecule has 5 aromatic rings. The third-order valence-corrected chi connectivity index (χ3v) is 6.23. The van der Waals surface area contributed by atoms with Gasteiger partial charge in [-0.2, -0.15) is 0 Å². The molecule has 0 atom stereocenters. The SMILES string of the molecule is O=C(Cc1ccccc1)NC(=S)Nc1ccc(Oc2ncnc3cc(-c4ncccn4)sc23)c(F)c1. The number of hydrogen-bond acceptors (Lipinski definition) is 8. The third-order valence-electron chi connectivity index (χ3n) is 4.92. The highest BCUT2D eigenvalue weighted by Crippen LogP contribution is 2.37. The number of halogens is 1. The van der Waals surface area contributed by atoms with Gasteiger partial charge in [0.05, 0.1) is 16.8 Å². The van der Waals surface area contributed by atoms with Gasteiger partial charge in [0, 0.05) is 24.1 Å². The lowest BCUT2D eigenvalue weighted by Gasteiger charge is -2.11. The number of benzene rings is 2. The van der Waals surface area contributed by atoms with Crippen LogP contribution in [0.15, 0.2) is 79.4 Å². The Hall–Kier alpha value is -4.35. The van der Waals surface area contributed by atoms with Gasteiger partial charge in [0.15, 0.2) is 22.5 Å². The highest BCUT2D eigenvalue weighted by atomic mass is 32.1. The van der Waals surface area contributed by atoms with Crippen molar-refractivity contribution in [1.82, 2.24) is 25.3 Å². The highest BCUT2D eigenvalue weighted by molar-refractivity contribution is 7.80. The molecule has 8 nitrogen and oxygen atoms in total. The van der Waals surface area contributed by atoms with Crippen molar-refractivity contribution < 1.29 is 13.9 Å². The Bertz CT molecular complexity index is 1550. The van der Waals surface area contributed by atoms with Crippen LogP contribution in [0.1, 0.15) is 5.56 Å². The summed E-state index contributed by atoms with van der Waals surface area (Å²) in [5, 5.41) is 5.46. The maximum absolute atomic E-state index is 14.9. The minimum Gasteiger partial charge on any atom is -0.434 e. The Labute approximate surface area is 214 Å². The van der Waals surface area contributed by atoms with Gasteiger partial charge in [0.2, 0.25) is 11.8 Å². The summed E-state index contributed by atoms with van der Waals surface area (Å²) in [6.45, 7) is 0. The lowest BCUT2D eigenvalue weighted by molar-refractivity contribution is -0.119. The smallest absolute Gasteiger partial charge is 0.240 e. The summed E-state index contributed by atoms with van der Waals surface area (Å²) in [7, 11) is 0. The van der Waals surface area contributed by atoms with Gasteiger partial charge in [-0.3, -0.25) is 4.79 Å². The van der Waals surface area contributed by atoms with Crippen molar-refractivity contribution in [1.29, 1.82) is 0 Å². The van der Waals surface area contributed by atoms with Crippen molar-refractivity contribution in [2.45, 2.75) is 6.42 Å². The molecule has 0 unspecified atom stereocenters. The number of nitrogens with zero attached hydrogens (tertiary/aromatic N) is 4. The number of aromatic nitrogens is 4. The van der Waals surface area contributed by atoms with Crippen LogP contribution in [0.25, 0.3) is 20.9 Å². The summed E-state index contributed by atoms with van der Waals surface area (Å²) in [6, 6.07) is 17.1. The van der Waals surface area contributed by atoms with Crippen molar-refractivity contribution in [2.75, 3.05) is 5.32 Å². The van der Waals surface area contributed by atoms with Crippen LogP contribution < -0.4 is 15.4 Å². The molecular formula is C25H17FN6O2S2. The topological polar surface area (TPSA) is 102 Å². The number of carbonyl (C=O) groups is 1. The van der Waals surface area contributed by atoms with E-state index in [-0.39, 0.29) is 29.1 Å². The zero-order chi connectivity index (χ0) is 24.9. The summed E-state index contributed by atoms with van der Waals surface area (Å²) in [5.74, 6) is -0.155. The molecule has 5 rings (SSSR count). The molecule has 2 aromatic carbocycles. The molecule has 178 valence electrons. The maximum atomic E-state index is 14.9. The van der Waals surface area contributed by atoms with Gasteiger partial charge in [0.25, 0.3) is 0 Å². The summed E-state index contributed by atoms with van der Waals surface area (Å²) in [6.07, 6.45) is 4.84. The first kappa shape index (κ1) is 23.4. The number of ether oxygens (including phenoxy) is 1. The van der Waals surface area contributed by atoms with Gasteiger partial charge in [-0.25, -0.2) is 24.3 Å². The first-order valence-corrected chi connectivity index (χ1v) is 11.9. The second-order valence-electron chi connectivity index (χ2n) is 7.49. The molecule has 0 aliphatic carbocycles. The van der Waals surface area contributed by atoms with Crippen LogP contribution in [0, 0.1) is 5.82 Å². The number of thiocarbonyl (C=S) groups is 1. The van der Waals surface area contributed by atoms with Crippen LogP contribution >= 0.6 is 23.6 Å². The Balaban J connectivity index is 1.27. The van der Waals surface area contributed by atoms with Gasteiger partial charge >= 0.3 is 0 Å². The van der Waals surface area contributed by atoms with E-state index in [0.717, 1.165) is 10.4 Å². The van der Waals surface area contributed by atoms with Crippen LogP contribution in [0.2, 0.25) is 0 Å². The average Bonchev–Trinajstić information content (AvgIpc) is 3.32. The third kappa shape index (κ3) is 5.48. The molecule has 3 heterocycles. The predicted octanol–water partition coefficient (Wildman–Crippen LogP) is 5.14. The second-order valence-corrected chi connectivity index (χ2v) is 8.95. The second kappa shape index (κ2) is 10.5. The Kier molecular flexibility index (Phi) is 6.83. The number of amides is 1. The minimum absolute atomic E-state index is 0.0227. The molecule has 0 saturated heterocycles. The zero-order valence-corrected chi connectivity index (χ0v) is 20.1. The first-order chi connectivity index (χ1) is 17.5. The first-order valence-electron chi connectivity index (χ1n) is 10.7. The molecule has 3 aromatic heterocycles. The fourth-order valence-electron chi connectivity index (χ4n) is 3.32. The van der Waals surface area contributed by atoms with Crippen LogP contribution in [0.5, 0.6) is 11.6 Å². The molecular weight excluding hydrogens is 499 g/mol. The van der Waals surface area contributed by atoms with Gasteiger partial charge in [-0.15, -0.1) is 11.3 Å². The number of rotatable bonds is 6. The van der Waals surface area contributed by atoms with E-state index in [0.29, 0.717) is 21.7 Å². The summed E-state index contributed by atoms with van der Waals surface area (Å²) < 4.78 is 21.3. The molecule has 1 amide bonds. The van der Waals surface area contributed by atoms with Gasteiger partial charge in [0.1, 0.15) is 11.0 Å². The van der Waals surface area contributed by atoms with Crippen molar-refractivity contribution in [3.8, 4) is 22.3 Å². The van der Waals surface area contributed by atoms with Crippen LogP contribution in [-0.4, -0.2) is 31.0 Å². The highest BCUT2D eigenvalue weighted by Gasteiger charge is 2.15. The molecule has 2 N–H and O–H groups in total. The molecule has 0 spiro atoms. The van der Waals surface area contributed by atoms with E-state index in [1.165, 1.54) is 29.8 Å². The van der Waals surface area contributed by atoms with E-state index in [1.807, 2.05) is 36.4 Å². The largest absolute Gasteiger partial charge is 0.434 e. The van der Waals surface area contributed by atoms with E-state index >= 15 is 0 Å².